The van der Waals surface area contributed by atoms with E-state index in [4.69, 9.17) is 14.6 Å². The number of rotatable bonds is 27. The molecule has 0 spiro atoms. The minimum atomic E-state index is -1.21. The molecule has 0 atom stereocenters. The summed E-state index contributed by atoms with van der Waals surface area (Å²) in [5.74, 6) is -0.835. The maximum absolute atomic E-state index is 13.0. The van der Waals surface area contributed by atoms with E-state index in [0.29, 0.717) is 26.2 Å². The van der Waals surface area contributed by atoms with Gasteiger partial charge in [0.2, 0.25) is 0 Å². The standard InChI is InChI=1S/C30H59NO5/c1-4-6-8-10-16-20-26-35-28(33)30(3,29(34)36-27-21-17-11-9-7-5-2)22-18-14-12-13-15-19-23-31-24-25-32/h31-32H,4-27H2,1-3H3. The van der Waals surface area contributed by atoms with Gasteiger partial charge in [0.25, 0.3) is 0 Å². The lowest BCUT2D eigenvalue weighted by Gasteiger charge is -2.25. The Bertz CT molecular complexity index is 482. The Labute approximate surface area is 222 Å². The van der Waals surface area contributed by atoms with Gasteiger partial charge < -0.3 is 19.9 Å². The zero-order valence-electron chi connectivity index (χ0n) is 24.1. The maximum Gasteiger partial charge on any atom is 0.323 e. The number of esters is 2. The predicted molar refractivity (Wildman–Crippen MR) is 149 cm³/mol. The van der Waals surface area contributed by atoms with Crippen LogP contribution in [0, 0.1) is 5.41 Å². The highest BCUT2D eigenvalue weighted by Gasteiger charge is 2.43. The first-order valence-corrected chi connectivity index (χ1v) is 15.2. The van der Waals surface area contributed by atoms with Gasteiger partial charge in [0.05, 0.1) is 19.8 Å². The van der Waals surface area contributed by atoms with Gasteiger partial charge in [-0.1, -0.05) is 110 Å². The fourth-order valence-electron chi connectivity index (χ4n) is 4.34. The molecule has 0 rings (SSSR count). The zero-order chi connectivity index (χ0) is 26.7. The summed E-state index contributed by atoms with van der Waals surface area (Å²) < 4.78 is 11.2. The quantitative estimate of drug-likeness (QED) is 0.0691. The summed E-state index contributed by atoms with van der Waals surface area (Å²) in [5.41, 5.74) is -1.21. The zero-order valence-corrected chi connectivity index (χ0v) is 24.1. The van der Waals surface area contributed by atoms with Crippen molar-refractivity contribution in [3.05, 3.63) is 0 Å². The number of carbonyl (C=O) groups excluding carboxylic acids is 2. The van der Waals surface area contributed by atoms with E-state index in [1.54, 1.807) is 6.92 Å². The lowest BCUT2D eigenvalue weighted by molar-refractivity contribution is -0.172. The predicted octanol–water partition coefficient (Wildman–Crippen LogP) is 7.11. The molecule has 0 saturated heterocycles. The number of aliphatic hydroxyl groups excluding tert-OH is 1. The Kier molecular flexibility index (Phi) is 24.7. The van der Waals surface area contributed by atoms with Crippen molar-refractivity contribution in [2.75, 3.05) is 32.9 Å². The first kappa shape index (κ1) is 34.9. The molecule has 0 heterocycles. The van der Waals surface area contributed by atoms with Crippen molar-refractivity contribution >= 4 is 11.9 Å². The normalized spacial score (nSPS) is 11.6. The number of hydrogen-bond donors (Lipinski definition) is 2. The third kappa shape index (κ3) is 19.0. The van der Waals surface area contributed by atoms with Gasteiger partial charge in [0, 0.05) is 6.54 Å². The molecule has 6 heteroatoms. The molecule has 0 aliphatic heterocycles. The van der Waals surface area contributed by atoms with Crippen LogP contribution < -0.4 is 5.32 Å². The lowest BCUT2D eigenvalue weighted by atomic mass is 9.84. The second-order valence-electron chi connectivity index (χ2n) is 10.5. The number of unbranched alkanes of at least 4 members (excludes halogenated alkanes) is 15. The largest absolute Gasteiger partial charge is 0.465 e. The fraction of sp³-hybridized carbons (Fsp3) is 0.933. The van der Waals surface area contributed by atoms with Crippen molar-refractivity contribution in [3.8, 4) is 0 Å². The molecule has 0 aromatic carbocycles. The smallest absolute Gasteiger partial charge is 0.323 e. The third-order valence-corrected chi connectivity index (χ3v) is 6.93. The third-order valence-electron chi connectivity index (χ3n) is 6.93. The summed E-state index contributed by atoms with van der Waals surface area (Å²) in [6.45, 7) is 8.66. The van der Waals surface area contributed by atoms with Crippen LogP contribution in [0.5, 0.6) is 0 Å². The van der Waals surface area contributed by atoms with Crippen molar-refractivity contribution in [3.63, 3.8) is 0 Å². The van der Waals surface area contributed by atoms with Crippen molar-refractivity contribution in [1.82, 2.24) is 5.32 Å². The van der Waals surface area contributed by atoms with Crippen LogP contribution in [-0.4, -0.2) is 50.0 Å². The second kappa shape index (κ2) is 25.5. The number of aliphatic hydroxyl groups is 1. The molecule has 6 nitrogen and oxygen atoms in total. The van der Waals surface area contributed by atoms with E-state index in [9.17, 15) is 9.59 Å². The summed E-state index contributed by atoms with van der Waals surface area (Å²) in [7, 11) is 0. The molecule has 2 N–H and O–H groups in total. The van der Waals surface area contributed by atoms with E-state index < -0.39 is 17.4 Å². The molecule has 36 heavy (non-hydrogen) atoms. The highest BCUT2D eigenvalue weighted by molar-refractivity contribution is 5.99. The SMILES string of the molecule is CCCCCCCCOC(=O)C(C)(CCCCCCCCNCCO)C(=O)OCCCCCCCC. The molecule has 0 aromatic heterocycles. The van der Waals surface area contributed by atoms with E-state index in [-0.39, 0.29) is 6.61 Å². The van der Waals surface area contributed by atoms with Gasteiger partial charge in [-0.2, -0.15) is 0 Å². The van der Waals surface area contributed by atoms with Crippen LogP contribution in [0.2, 0.25) is 0 Å². The number of ether oxygens (including phenoxy) is 2. The molecule has 0 saturated carbocycles. The van der Waals surface area contributed by atoms with Crippen LogP contribution >= 0.6 is 0 Å². The summed E-state index contributed by atoms with van der Waals surface area (Å²) >= 11 is 0. The highest BCUT2D eigenvalue weighted by Crippen LogP contribution is 2.29. The first-order valence-electron chi connectivity index (χ1n) is 15.2. The average Bonchev–Trinajstić information content (AvgIpc) is 2.88. The lowest BCUT2D eigenvalue weighted by Crippen LogP contribution is -2.39. The van der Waals surface area contributed by atoms with Crippen molar-refractivity contribution in [2.24, 2.45) is 5.41 Å². The van der Waals surface area contributed by atoms with E-state index in [0.717, 1.165) is 70.8 Å². The molecule has 0 aliphatic rings. The van der Waals surface area contributed by atoms with Crippen molar-refractivity contribution in [1.29, 1.82) is 0 Å². The molecule has 0 aliphatic carbocycles. The van der Waals surface area contributed by atoms with Crippen molar-refractivity contribution < 1.29 is 24.2 Å². The first-order chi connectivity index (χ1) is 17.5. The Morgan fingerprint density at radius 2 is 1.03 bits per heavy atom. The average molecular weight is 514 g/mol. The van der Waals surface area contributed by atoms with Gasteiger partial charge in [-0.3, -0.25) is 9.59 Å². The van der Waals surface area contributed by atoms with Crippen LogP contribution in [0.1, 0.15) is 143 Å². The number of carbonyl (C=O) groups is 2. The van der Waals surface area contributed by atoms with Crippen LogP contribution in [0.4, 0.5) is 0 Å². The highest BCUT2D eigenvalue weighted by atomic mass is 16.6. The molecule has 214 valence electrons. The van der Waals surface area contributed by atoms with Crippen LogP contribution in [0.25, 0.3) is 0 Å². The molecule has 0 bridgehead atoms. The van der Waals surface area contributed by atoms with Gasteiger partial charge in [0.15, 0.2) is 5.41 Å². The summed E-state index contributed by atoms with van der Waals surface area (Å²) in [5, 5.41) is 12.0. The van der Waals surface area contributed by atoms with Crippen LogP contribution in [-0.2, 0) is 19.1 Å². The van der Waals surface area contributed by atoms with Gasteiger partial charge in [-0.15, -0.1) is 0 Å². The molecule has 0 aromatic rings. The van der Waals surface area contributed by atoms with Crippen LogP contribution in [0.3, 0.4) is 0 Å². The van der Waals surface area contributed by atoms with Gasteiger partial charge in [-0.05, 0) is 39.2 Å². The Hall–Kier alpha value is -1.14. The van der Waals surface area contributed by atoms with Crippen molar-refractivity contribution in [2.45, 2.75) is 143 Å². The van der Waals surface area contributed by atoms with E-state index in [1.807, 2.05) is 0 Å². The Morgan fingerprint density at radius 3 is 1.50 bits per heavy atom. The number of hydrogen-bond acceptors (Lipinski definition) is 6. The topological polar surface area (TPSA) is 84.9 Å². The fourth-order valence-corrected chi connectivity index (χ4v) is 4.34. The van der Waals surface area contributed by atoms with Gasteiger partial charge in [0.1, 0.15) is 0 Å². The maximum atomic E-state index is 13.0. The molecular formula is C30H59NO5. The molecular weight excluding hydrogens is 454 g/mol. The minimum Gasteiger partial charge on any atom is -0.465 e. The Morgan fingerprint density at radius 1 is 0.611 bits per heavy atom. The summed E-state index contributed by atoms with van der Waals surface area (Å²) in [4.78, 5) is 26.0. The minimum absolute atomic E-state index is 0.182. The molecule has 0 unspecified atom stereocenters. The summed E-state index contributed by atoms with van der Waals surface area (Å²) in [6.07, 6.45) is 20.3. The molecule has 0 amide bonds. The van der Waals surface area contributed by atoms with Gasteiger partial charge >= 0.3 is 11.9 Å². The molecule has 0 fully saturated rings. The van der Waals surface area contributed by atoms with E-state index >= 15 is 0 Å². The second-order valence-corrected chi connectivity index (χ2v) is 10.5. The summed E-state index contributed by atoms with van der Waals surface area (Å²) in [6, 6.07) is 0. The Balaban J connectivity index is 4.45. The van der Waals surface area contributed by atoms with E-state index in [1.165, 1.54) is 51.4 Å². The van der Waals surface area contributed by atoms with E-state index in [2.05, 4.69) is 19.2 Å². The molecule has 0 radical (unpaired) electrons. The van der Waals surface area contributed by atoms with Gasteiger partial charge in [-0.25, -0.2) is 0 Å². The monoisotopic (exact) mass is 513 g/mol. The number of nitrogens with one attached hydrogen (secondary N) is 1. The van der Waals surface area contributed by atoms with Crippen LogP contribution in [0.15, 0.2) is 0 Å².